The normalized spacial score (nSPS) is 12.1. The molecule has 0 spiro atoms. The van der Waals surface area contributed by atoms with E-state index in [1.54, 1.807) is 42.5 Å². The Hall–Kier alpha value is -2.89. The number of nitrogens with zero attached hydrogens (tertiary/aromatic N) is 2. The molecule has 2 heterocycles. The van der Waals surface area contributed by atoms with Crippen LogP contribution in [-0.2, 0) is 11.2 Å². The fourth-order valence-corrected chi connectivity index (χ4v) is 2.54. The van der Waals surface area contributed by atoms with Crippen molar-refractivity contribution in [3.63, 3.8) is 0 Å². The lowest BCUT2D eigenvalue weighted by molar-refractivity contribution is -0.132. The molecule has 0 fully saturated rings. The molecular weight excluding hydrogens is 323 g/mol. The number of amides is 1. The summed E-state index contributed by atoms with van der Waals surface area (Å²) in [7, 11) is 1.73. The number of carbonyl (C=O) groups is 1. The van der Waals surface area contributed by atoms with Crippen LogP contribution in [0.15, 0.2) is 57.7 Å². The number of oxazole rings is 1. The lowest BCUT2D eigenvalue weighted by Gasteiger charge is -2.23. The molecule has 0 bridgehead atoms. The van der Waals surface area contributed by atoms with Crippen molar-refractivity contribution >= 4 is 5.91 Å². The van der Waals surface area contributed by atoms with Crippen molar-refractivity contribution in [2.45, 2.75) is 25.8 Å². The van der Waals surface area contributed by atoms with Crippen molar-refractivity contribution in [3.05, 3.63) is 66.3 Å². The van der Waals surface area contributed by atoms with Crippen molar-refractivity contribution in [3.8, 4) is 11.3 Å². The highest BCUT2D eigenvalue weighted by Crippen LogP contribution is 2.24. The van der Waals surface area contributed by atoms with Crippen LogP contribution in [0.4, 0.5) is 4.39 Å². The van der Waals surface area contributed by atoms with Gasteiger partial charge in [0.15, 0.2) is 11.7 Å². The van der Waals surface area contributed by atoms with Gasteiger partial charge in [-0.25, -0.2) is 9.37 Å². The summed E-state index contributed by atoms with van der Waals surface area (Å²) in [5, 5.41) is 0. The van der Waals surface area contributed by atoms with Gasteiger partial charge in [-0.05, 0) is 31.2 Å². The maximum absolute atomic E-state index is 13.8. The van der Waals surface area contributed by atoms with Gasteiger partial charge in [0.05, 0.1) is 24.1 Å². The molecule has 1 amide bonds. The Morgan fingerprint density at radius 1 is 1.28 bits per heavy atom. The van der Waals surface area contributed by atoms with Gasteiger partial charge in [0.1, 0.15) is 11.6 Å². The number of hydrogen-bond donors (Lipinski definition) is 0. The fourth-order valence-electron chi connectivity index (χ4n) is 2.54. The van der Waals surface area contributed by atoms with E-state index in [1.165, 1.54) is 12.3 Å². The summed E-state index contributed by atoms with van der Waals surface area (Å²) in [5.41, 5.74) is 0.358. The number of furan rings is 1. The third kappa shape index (κ3) is 3.79. The number of halogens is 1. The van der Waals surface area contributed by atoms with Gasteiger partial charge in [0.2, 0.25) is 5.91 Å². The monoisotopic (exact) mass is 342 g/mol. The van der Waals surface area contributed by atoms with Crippen molar-refractivity contribution in [1.29, 1.82) is 0 Å². The molecule has 0 saturated heterocycles. The minimum Gasteiger partial charge on any atom is -0.467 e. The average Bonchev–Trinajstić information content (AvgIpc) is 3.30. The van der Waals surface area contributed by atoms with Gasteiger partial charge in [-0.15, -0.1) is 0 Å². The Morgan fingerprint density at radius 2 is 2.08 bits per heavy atom. The van der Waals surface area contributed by atoms with Crippen LogP contribution in [0.25, 0.3) is 11.3 Å². The Kier molecular flexibility index (Phi) is 4.97. The van der Waals surface area contributed by atoms with E-state index in [0.717, 1.165) is 5.76 Å². The second-order valence-electron chi connectivity index (χ2n) is 5.79. The van der Waals surface area contributed by atoms with Crippen molar-refractivity contribution in [2.24, 2.45) is 0 Å². The molecular formula is C19H19FN2O3. The molecule has 3 rings (SSSR count). The molecule has 130 valence electrons. The summed E-state index contributed by atoms with van der Waals surface area (Å²) in [6.07, 6.45) is 3.66. The van der Waals surface area contributed by atoms with Gasteiger partial charge in [-0.2, -0.15) is 0 Å². The summed E-state index contributed by atoms with van der Waals surface area (Å²) in [4.78, 5) is 18.1. The lowest BCUT2D eigenvalue weighted by Crippen LogP contribution is -2.29. The number of hydrogen-bond acceptors (Lipinski definition) is 4. The number of aryl methyl sites for hydroxylation is 1. The Balaban J connectivity index is 1.60. The molecule has 25 heavy (non-hydrogen) atoms. The molecule has 3 aromatic rings. The third-order valence-corrected chi connectivity index (χ3v) is 4.17. The van der Waals surface area contributed by atoms with Crippen LogP contribution < -0.4 is 0 Å². The number of aromatic nitrogens is 1. The number of carbonyl (C=O) groups excluding carboxylic acids is 1. The zero-order valence-electron chi connectivity index (χ0n) is 14.1. The molecule has 2 aromatic heterocycles. The minimum absolute atomic E-state index is 0.0467. The topological polar surface area (TPSA) is 59.5 Å². The molecule has 1 atom stereocenters. The summed E-state index contributed by atoms with van der Waals surface area (Å²) in [5.74, 6) is 1.08. The molecule has 5 nitrogen and oxygen atoms in total. The van der Waals surface area contributed by atoms with Gasteiger partial charge >= 0.3 is 0 Å². The maximum Gasteiger partial charge on any atom is 0.223 e. The molecule has 1 aromatic carbocycles. The fraction of sp³-hybridized carbons (Fsp3) is 0.263. The Labute approximate surface area is 145 Å². The van der Waals surface area contributed by atoms with Crippen LogP contribution in [0, 0.1) is 5.82 Å². The first-order valence-corrected chi connectivity index (χ1v) is 8.05. The second kappa shape index (κ2) is 7.34. The van der Waals surface area contributed by atoms with Gasteiger partial charge in [-0.3, -0.25) is 4.79 Å². The first-order valence-electron chi connectivity index (χ1n) is 8.05. The predicted octanol–water partition coefficient (Wildman–Crippen LogP) is 4.23. The molecule has 0 aliphatic carbocycles. The van der Waals surface area contributed by atoms with Crippen LogP contribution in [0.2, 0.25) is 0 Å². The highest BCUT2D eigenvalue weighted by Gasteiger charge is 2.20. The summed E-state index contributed by atoms with van der Waals surface area (Å²) in [6.45, 7) is 1.90. The highest BCUT2D eigenvalue weighted by molar-refractivity contribution is 5.76. The van der Waals surface area contributed by atoms with Crippen LogP contribution in [0.5, 0.6) is 0 Å². The zero-order valence-corrected chi connectivity index (χ0v) is 14.1. The largest absolute Gasteiger partial charge is 0.467 e. The SMILES string of the molecule is CC(c1ccco1)N(C)C(=O)CCc1ncc(-c2ccccc2F)o1. The smallest absolute Gasteiger partial charge is 0.223 e. The quantitative estimate of drug-likeness (QED) is 0.673. The zero-order chi connectivity index (χ0) is 17.8. The Morgan fingerprint density at radius 3 is 2.80 bits per heavy atom. The van der Waals surface area contributed by atoms with Crippen LogP contribution >= 0.6 is 0 Å². The van der Waals surface area contributed by atoms with Gasteiger partial charge in [0, 0.05) is 19.9 Å². The number of rotatable bonds is 6. The summed E-state index contributed by atoms with van der Waals surface area (Å²) in [6, 6.07) is 9.82. The van der Waals surface area contributed by atoms with Crippen LogP contribution in [0.1, 0.15) is 31.0 Å². The van der Waals surface area contributed by atoms with E-state index in [-0.39, 0.29) is 24.2 Å². The molecule has 0 aliphatic rings. The minimum atomic E-state index is -0.367. The van der Waals surface area contributed by atoms with E-state index in [4.69, 9.17) is 8.83 Å². The van der Waals surface area contributed by atoms with Gasteiger partial charge in [0.25, 0.3) is 0 Å². The van der Waals surface area contributed by atoms with Crippen molar-refractivity contribution in [2.75, 3.05) is 7.05 Å². The Bertz CT molecular complexity index is 842. The summed E-state index contributed by atoms with van der Waals surface area (Å²) >= 11 is 0. The van der Waals surface area contributed by atoms with Gasteiger partial charge in [-0.1, -0.05) is 12.1 Å². The van der Waals surface area contributed by atoms with Crippen LogP contribution in [-0.4, -0.2) is 22.8 Å². The number of benzene rings is 1. The van der Waals surface area contributed by atoms with E-state index < -0.39 is 0 Å². The van der Waals surface area contributed by atoms with E-state index in [0.29, 0.717) is 23.6 Å². The van der Waals surface area contributed by atoms with E-state index in [9.17, 15) is 9.18 Å². The molecule has 0 saturated carbocycles. The molecule has 0 aliphatic heterocycles. The van der Waals surface area contributed by atoms with Crippen molar-refractivity contribution in [1.82, 2.24) is 9.88 Å². The molecule has 0 radical (unpaired) electrons. The average molecular weight is 342 g/mol. The molecule has 0 N–H and O–H groups in total. The molecule has 6 heteroatoms. The first kappa shape index (κ1) is 17.0. The van der Waals surface area contributed by atoms with Gasteiger partial charge < -0.3 is 13.7 Å². The highest BCUT2D eigenvalue weighted by atomic mass is 19.1. The molecule has 1 unspecified atom stereocenters. The van der Waals surface area contributed by atoms with E-state index >= 15 is 0 Å². The van der Waals surface area contributed by atoms with E-state index in [1.807, 2.05) is 13.0 Å². The van der Waals surface area contributed by atoms with Crippen molar-refractivity contribution < 1.29 is 18.0 Å². The lowest BCUT2D eigenvalue weighted by atomic mass is 10.2. The predicted molar refractivity (Wildman–Crippen MR) is 90.1 cm³/mol. The maximum atomic E-state index is 13.8. The standard InChI is InChI=1S/C19H19FN2O3/c1-13(16-8-5-11-24-16)22(2)19(23)10-9-18-21-12-17(25-18)14-6-3-4-7-15(14)20/h3-8,11-13H,9-10H2,1-2H3. The summed E-state index contributed by atoms with van der Waals surface area (Å²) < 4.78 is 24.7. The first-order chi connectivity index (χ1) is 12.1. The third-order valence-electron chi connectivity index (χ3n) is 4.17. The van der Waals surface area contributed by atoms with Crippen LogP contribution in [0.3, 0.4) is 0 Å². The second-order valence-corrected chi connectivity index (χ2v) is 5.79. The van der Waals surface area contributed by atoms with E-state index in [2.05, 4.69) is 4.98 Å².